The zero-order chi connectivity index (χ0) is 19.4. The zero-order valence-electron chi connectivity index (χ0n) is 14.4. The maximum atomic E-state index is 13.4. The minimum absolute atomic E-state index is 0.0417. The van der Waals surface area contributed by atoms with Crippen LogP contribution in [0.15, 0.2) is 36.4 Å². The smallest absolute Gasteiger partial charge is 0.255 e. The van der Waals surface area contributed by atoms with Gasteiger partial charge in [0.05, 0.1) is 32.0 Å². The summed E-state index contributed by atoms with van der Waals surface area (Å²) in [6, 6.07) is 8.03. The topological polar surface area (TPSA) is 91.2 Å². The fraction of sp³-hybridized carbons (Fsp3) is 0.176. The molecule has 10 heteroatoms. The second kappa shape index (κ2) is 7.77. The molecule has 0 bridgehead atoms. The van der Waals surface area contributed by atoms with Gasteiger partial charge >= 0.3 is 0 Å². The van der Waals surface area contributed by atoms with Crippen molar-refractivity contribution in [2.45, 2.75) is 6.54 Å². The number of tetrazole rings is 1. The predicted molar refractivity (Wildman–Crippen MR) is 89.8 cm³/mol. The van der Waals surface area contributed by atoms with Crippen molar-refractivity contribution in [2.24, 2.45) is 0 Å². The first-order chi connectivity index (χ1) is 13.0. The quantitative estimate of drug-likeness (QED) is 0.708. The minimum Gasteiger partial charge on any atom is -0.497 e. The highest BCUT2D eigenvalue weighted by Gasteiger charge is 2.16. The SMILES string of the molecule is COc1ccc(C(=O)NCc2nnnn2-c2ccc(F)c(F)c2)c(OC)c1. The number of hydrogen-bond acceptors (Lipinski definition) is 6. The molecule has 1 aromatic heterocycles. The Morgan fingerprint density at radius 2 is 1.93 bits per heavy atom. The molecule has 0 aliphatic rings. The van der Waals surface area contributed by atoms with Gasteiger partial charge in [0, 0.05) is 12.1 Å². The molecule has 0 saturated carbocycles. The highest BCUT2D eigenvalue weighted by molar-refractivity contribution is 5.97. The van der Waals surface area contributed by atoms with Crippen LogP contribution in [0.3, 0.4) is 0 Å². The van der Waals surface area contributed by atoms with Crippen molar-refractivity contribution >= 4 is 5.91 Å². The molecule has 0 saturated heterocycles. The van der Waals surface area contributed by atoms with Crippen LogP contribution in [0.4, 0.5) is 8.78 Å². The number of aromatic nitrogens is 4. The number of amides is 1. The third-order valence-corrected chi connectivity index (χ3v) is 3.74. The van der Waals surface area contributed by atoms with Crippen LogP contribution in [-0.4, -0.2) is 40.3 Å². The van der Waals surface area contributed by atoms with Gasteiger partial charge in [-0.1, -0.05) is 0 Å². The molecule has 0 spiro atoms. The van der Waals surface area contributed by atoms with Crippen molar-refractivity contribution in [3.05, 3.63) is 59.4 Å². The number of hydrogen-bond donors (Lipinski definition) is 1. The third-order valence-electron chi connectivity index (χ3n) is 3.74. The lowest BCUT2D eigenvalue weighted by molar-refractivity contribution is 0.0946. The first kappa shape index (κ1) is 18.2. The number of halogens is 2. The summed E-state index contributed by atoms with van der Waals surface area (Å²) in [5, 5.41) is 13.7. The molecule has 3 rings (SSSR count). The number of carbonyl (C=O) groups excluding carboxylic acids is 1. The molecule has 0 radical (unpaired) electrons. The normalized spacial score (nSPS) is 10.5. The second-order valence-electron chi connectivity index (χ2n) is 5.35. The Kier molecular flexibility index (Phi) is 5.25. The Balaban J connectivity index is 1.77. The summed E-state index contributed by atoms with van der Waals surface area (Å²) in [6.07, 6.45) is 0. The number of methoxy groups -OCH3 is 2. The summed E-state index contributed by atoms with van der Waals surface area (Å²) in [6.45, 7) is -0.0417. The van der Waals surface area contributed by atoms with Crippen molar-refractivity contribution in [1.29, 1.82) is 0 Å². The number of carbonyl (C=O) groups is 1. The summed E-state index contributed by atoms with van der Waals surface area (Å²) in [7, 11) is 2.95. The molecule has 2 aromatic carbocycles. The molecule has 1 heterocycles. The van der Waals surface area contributed by atoms with Crippen molar-refractivity contribution < 1.29 is 23.0 Å². The van der Waals surface area contributed by atoms with Crippen LogP contribution in [0.5, 0.6) is 11.5 Å². The summed E-state index contributed by atoms with van der Waals surface area (Å²) in [5.41, 5.74) is 0.523. The van der Waals surface area contributed by atoms with E-state index in [9.17, 15) is 13.6 Å². The lowest BCUT2D eigenvalue weighted by atomic mass is 10.1. The Bertz CT molecular complexity index is 977. The highest BCUT2D eigenvalue weighted by Crippen LogP contribution is 2.24. The Morgan fingerprint density at radius 3 is 2.63 bits per heavy atom. The van der Waals surface area contributed by atoms with Crippen LogP contribution >= 0.6 is 0 Å². The molecular weight excluding hydrogens is 360 g/mol. The number of nitrogens with zero attached hydrogens (tertiary/aromatic N) is 4. The first-order valence-electron chi connectivity index (χ1n) is 7.76. The fourth-order valence-corrected chi connectivity index (χ4v) is 2.37. The van der Waals surface area contributed by atoms with Crippen molar-refractivity contribution in [1.82, 2.24) is 25.5 Å². The van der Waals surface area contributed by atoms with E-state index in [0.29, 0.717) is 17.1 Å². The van der Waals surface area contributed by atoms with Crippen LogP contribution in [0.1, 0.15) is 16.2 Å². The van der Waals surface area contributed by atoms with Crippen molar-refractivity contribution in [2.75, 3.05) is 14.2 Å². The van der Waals surface area contributed by atoms with E-state index in [1.54, 1.807) is 18.2 Å². The van der Waals surface area contributed by atoms with Crippen molar-refractivity contribution in [3.8, 4) is 17.2 Å². The molecule has 27 heavy (non-hydrogen) atoms. The number of benzene rings is 2. The summed E-state index contributed by atoms with van der Waals surface area (Å²) >= 11 is 0. The predicted octanol–water partition coefficient (Wildman–Crippen LogP) is 1.89. The lowest BCUT2D eigenvalue weighted by Gasteiger charge is -2.11. The van der Waals surface area contributed by atoms with Gasteiger partial charge in [0.15, 0.2) is 17.5 Å². The molecule has 1 N–H and O–H groups in total. The van der Waals surface area contributed by atoms with E-state index in [1.807, 2.05) is 0 Å². The lowest BCUT2D eigenvalue weighted by Crippen LogP contribution is -2.25. The zero-order valence-corrected chi connectivity index (χ0v) is 14.4. The largest absolute Gasteiger partial charge is 0.497 e. The van der Waals surface area contributed by atoms with Gasteiger partial charge in [-0.2, -0.15) is 4.68 Å². The van der Waals surface area contributed by atoms with E-state index >= 15 is 0 Å². The van der Waals surface area contributed by atoms with Gasteiger partial charge in [-0.25, -0.2) is 8.78 Å². The molecule has 0 fully saturated rings. The average Bonchev–Trinajstić information content (AvgIpc) is 3.16. The van der Waals surface area contributed by atoms with Gasteiger partial charge in [-0.15, -0.1) is 5.10 Å². The van der Waals surface area contributed by atoms with Crippen LogP contribution < -0.4 is 14.8 Å². The van der Waals surface area contributed by atoms with Crippen LogP contribution in [0, 0.1) is 11.6 Å². The van der Waals surface area contributed by atoms with Gasteiger partial charge in [-0.3, -0.25) is 4.79 Å². The summed E-state index contributed by atoms with van der Waals surface area (Å²) < 4.78 is 38.0. The molecule has 8 nitrogen and oxygen atoms in total. The Labute approximate surface area is 152 Å². The van der Waals surface area contributed by atoms with E-state index in [2.05, 4.69) is 20.8 Å². The summed E-state index contributed by atoms with van der Waals surface area (Å²) in [5.74, 6) is -1.30. The molecule has 0 unspecified atom stereocenters. The third kappa shape index (κ3) is 3.84. The van der Waals surface area contributed by atoms with Gasteiger partial charge in [-0.05, 0) is 34.7 Å². The molecular formula is C17H15F2N5O3. The molecule has 0 atom stereocenters. The van der Waals surface area contributed by atoms with E-state index < -0.39 is 17.5 Å². The van der Waals surface area contributed by atoms with Gasteiger partial charge in [0.25, 0.3) is 5.91 Å². The first-order valence-corrected chi connectivity index (χ1v) is 7.76. The molecule has 1 amide bonds. The molecule has 0 aliphatic carbocycles. The summed E-state index contributed by atoms with van der Waals surface area (Å²) in [4.78, 5) is 12.4. The minimum atomic E-state index is -1.03. The Hall–Kier alpha value is -3.56. The van der Waals surface area contributed by atoms with E-state index in [1.165, 1.54) is 25.0 Å². The van der Waals surface area contributed by atoms with E-state index in [0.717, 1.165) is 12.1 Å². The number of nitrogens with one attached hydrogen (secondary N) is 1. The van der Waals surface area contributed by atoms with Gasteiger partial charge < -0.3 is 14.8 Å². The maximum absolute atomic E-state index is 13.4. The second-order valence-corrected chi connectivity index (χ2v) is 5.35. The van der Waals surface area contributed by atoms with Gasteiger partial charge in [0.2, 0.25) is 0 Å². The van der Waals surface area contributed by atoms with Crippen LogP contribution in [0.2, 0.25) is 0 Å². The standard InChI is InChI=1S/C17H15F2N5O3/c1-26-11-4-5-12(15(8-11)27-2)17(25)20-9-16-21-22-23-24(16)10-3-6-13(18)14(19)7-10/h3-8H,9H2,1-2H3,(H,20,25). The fourth-order valence-electron chi connectivity index (χ4n) is 2.37. The maximum Gasteiger partial charge on any atom is 0.255 e. The Morgan fingerprint density at radius 1 is 1.11 bits per heavy atom. The molecule has 3 aromatic rings. The van der Waals surface area contributed by atoms with Crippen LogP contribution in [-0.2, 0) is 6.54 Å². The van der Waals surface area contributed by atoms with E-state index in [4.69, 9.17) is 9.47 Å². The highest BCUT2D eigenvalue weighted by atomic mass is 19.2. The van der Waals surface area contributed by atoms with Crippen molar-refractivity contribution in [3.63, 3.8) is 0 Å². The number of ether oxygens (including phenoxy) is 2. The number of rotatable bonds is 6. The van der Waals surface area contributed by atoms with Crippen LogP contribution in [0.25, 0.3) is 5.69 Å². The molecule has 0 aliphatic heterocycles. The molecule has 140 valence electrons. The van der Waals surface area contributed by atoms with E-state index in [-0.39, 0.29) is 18.1 Å². The van der Waals surface area contributed by atoms with Gasteiger partial charge in [0.1, 0.15) is 11.5 Å². The monoisotopic (exact) mass is 375 g/mol. The average molecular weight is 375 g/mol.